The second-order valence-corrected chi connectivity index (χ2v) is 10.5. The maximum absolute atomic E-state index is 12.8. The number of carbonyl (C=O) groups is 2. The van der Waals surface area contributed by atoms with Gasteiger partial charge >= 0.3 is 11.9 Å². The molecule has 1 N–H and O–H groups in total. The summed E-state index contributed by atoms with van der Waals surface area (Å²) in [5.41, 5.74) is 0.0917. The second kappa shape index (κ2) is 11.1. The normalized spacial score (nSPS) is 24.6. The monoisotopic (exact) mass is 458 g/mol. The lowest BCUT2D eigenvalue weighted by Gasteiger charge is -2.49. The summed E-state index contributed by atoms with van der Waals surface area (Å²) in [5.74, 6) is -1.39. The van der Waals surface area contributed by atoms with E-state index in [9.17, 15) is 14.7 Å². The number of allylic oxidation sites excluding steroid dienone is 4. The number of fused-ring (bicyclic) bond motifs is 1. The highest BCUT2D eigenvalue weighted by atomic mass is 32.2. The van der Waals surface area contributed by atoms with Gasteiger partial charge in [0.15, 0.2) is 6.04 Å². The first-order valence-corrected chi connectivity index (χ1v) is 12.6. The molecule has 0 radical (unpaired) electrons. The highest BCUT2D eigenvalue weighted by molar-refractivity contribution is 7.89. The molecule has 32 heavy (non-hydrogen) atoms. The third kappa shape index (κ3) is 5.56. The number of hydrogen-bond acceptors (Lipinski definition) is 4. The topological polar surface area (TPSA) is 79.2 Å². The Morgan fingerprint density at radius 3 is 2.59 bits per heavy atom. The Labute approximate surface area is 193 Å². The molecule has 1 aromatic rings. The van der Waals surface area contributed by atoms with Gasteiger partial charge in [0.2, 0.25) is 0 Å². The van der Waals surface area contributed by atoms with Crippen molar-refractivity contribution in [2.45, 2.75) is 71.8 Å². The van der Waals surface area contributed by atoms with Gasteiger partial charge in [0.25, 0.3) is 0 Å². The minimum atomic E-state index is -1.03. The second-order valence-electron chi connectivity index (χ2n) is 8.95. The van der Waals surface area contributed by atoms with Crippen LogP contribution < -0.4 is 0 Å². The predicted molar refractivity (Wildman–Crippen MR) is 128 cm³/mol. The van der Waals surface area contributed by atoms with Crippen molar-refractivity contribution in [3.63, 3.8) is 0 Å². The fraction of sp³-hybridized carbons (Fsp3) is 0.520. The molecule has 0 spiro atoms. The summed E-state index contributed by atoms with van der Waals surface area (Å²) >= 11 is 0. The van der Waals surface area contributed by atoms with Crippen LogP contribution in [0.15, 0.2) is 57.8 Å². The minimum absolute atomic E-state index is 0.00777. The van der Waals surface area contributed by atoms with Crippen molar-refractivity contribution in [2.75, 3.05) is 0 Å². The Balaban J connectivity index is 1.95. The van der Waals surface area contributed by atoms with Gasteiger partial charge in [0, 0.05) is 33.5 Å². The Morgan fingerprint density at radius 1 is 1.19 bits per heavy atom. The van der Waals surface area contributed by atoms with Gasteiger partial charge < -0.3 is 9.94 Å². The van der Waals surface area contributed by atoms with Crippen LogP contribution >= 0.6 is 0 Å². The number of hydroxylamine groups is 1. The van der Waals surface area contributed by atoms with Gasteiger partial charge in [-0.15, -0.1) is 0 Å². The van der Waals surface area contributed by atoms with Crippen LogP contribution in [0.25, 0.3) is 0 Å². The molecule has 1 fully saturated rings. The van der Waals surface area contributed by atoms with Gasteiger partial charge in [0.05, 0.1) is 5.69 Å². The molecule has 1 aromatic carbocycles. The molecular weight excluding hydrogens is 424 g/mol. The first kappa shape index (κ1) is 24.4. The van der Waals surface area contributed by atoms with Crippen molar-refractivity contribution >= 4 is 28.5 Å². The number of carbonyl (C=O) groups excluding carboxylic acids is 1. The molecule has 1 aliphatic carbocycles. The molecule has 174 valence electrons. The van der Waals surface area contributed by atoms with Gasteiger partial charge in [-0.25, -0.2) is 4.36 Å². The lowest BCUT2D eigenvalue weighted by Crippen LogP contribution is -2.59. The van der Waals surface area contributed by atoms with E-state index >= 15 is 0 Å². The summed E-state index contributed by atoms with van der Waals surface area (Å²) in [5, 5.41) is 10.2. The maximum Gasteiger partial charge on any atom is 0.326 e. The van der Waals surface area contributed by atoms with Crippen molar-refractivity contribution < 1.29 is 19.5 Å². The molecule has 3 atom stereocenters. The third-order valence-corrected chi connectivity index (χ3v) is 8.02. The average Bonchev–Trinajstić information content (AvgIpc) is 2.76. The summed E-state index contributed by atoms with van der Waals surface area (Å²) in [6.07, 6.45) is 12.2. The highest BCUT2D eigenvalue weighted by Gasteiger charge is 2.54. The van der Waals surface area contributed by atoms with Crippen molar-refractivity contribution in [3.05, 3.63) is 53.5 Å². The molecule has 0 bridgehead atoms. The number of rotatable bonds is 9. The van der Waals surface area contributed by atoms with E-state index < -0.39 is 34.3 Å². The van der Waals surface area contributed by atoms with Crippen LogP contribution in [0.2, 0.25) is 0 Å². The quantitative estimate of drug-likeness (QED) is 0.452. The Hall–Kier alpha value is -2.25. The fourth-order valence-electron chi connectivity index (χ4n) is 4.33. The molecule has 3 unspecified atom stereocenters. The highest BCUT2D eigenvalue weighted by Crippen LogP contribution is 2.49. The predicted octanol–water partition coefficient (Wildman–Crippen LogP) is 6.11. The molecule has 0 amide bonds. The zero-order valence-corrected chi connectivity index (χ0v) is 20.0. The van der Waals surface area contributed by atoms with Gasteiger partial charge in [0.1, 0.15) is 0 Å². The number of carboxylic acid groups (broad SMARTS) is 1. The van der Waals surface area contributed by atoms with E-state index in [4.69, 9.17) is 9.20 Å². The number of nitrogens with zero attached hydrogens (tertiary/aromatic N) is 2. The zero-order valence-electron chi connectivity index (χ0n) is 19.2. The summed E-state index contributed by atoms with van der Waals surface area (Å²) in [6.45, 7) is 6.04. The summed E-state index contributed by atoms with van der Waals surface area (Å²) in [7, 11) is -1.03. The lowest BCUT2D eigenvalue weighted by atomic mass is 9.70. The molecule has 0 saturated carbocycles. The van der Waals surface area contributed by atoms with Crippen molar-refractivity contribution in [1.82, 2.24) is 4.47 Å². The Bertz CT molecular complexity index is 908. The number of carboxylic acids is 1. The van der Waals surface area contributed by atoms with E-state index in [-0.39, 0.29) is 12.3 Å². The smallest absolute Gasteiger partial charge is 0.326 e. The Morgan fingerprint density at radius 2 is 1.91 bits per heavy atom. The van der Waals surface area contributed by atoms with Crippen LogP contribution in [0.5, 0.6) is 0 Å². The molecular formula is C25H34N2O4S. The van der Waals surface area contributed by atoms with Gasteiger partial charge in [-0.05, 0) is 25.0 Å². The van der Waals surface area contributed by atoms with Crippen molar-refractivity contribution in [3.8, 4) is 0 Å². The van der Waals surface area contributed by atoms with E-state index in [1.807, 2.05) is 56.3 Å². The molecule has 1 saturated heterocycles. The number of benzene rings is 1. The molecule has 7 heteroatoms. The third-order valence-electron chi connectivity index (χ3n) is 6.16. The first-order valence-electron chi connectivity index (χ1n) is 11.5. The largest absolute Gasteiger partial charge is 0.480 e. The van der Waals surface area contributed by atoms with Gasteiger partial charge in [-0.1, -0.05) is 87.4 Å². The molecule has 1 heterocycles. The van der Waals surface area contributed by atoms with Crippen LogP contribution in [0, 0.1) is 11.3 Å². The van der Waals surface area contributed by atoms with Crippen LogP contribution in [0.1, 0.15) is 65.7 Å². The first-order chi connectivity index (χ1) is 15.4. The summed E-state index contributed by atoms with van der Waals surface area (Å²) in [4.78, 5) is 32.0. The van der Waals surface area contributed by atoms with E-state index in [0.717, 1.165) is 49.1 Å². The van der Waals surface area contributed by atoms with Crippen molar-refractivity contribution in [2.24, 2.45) is 15.7 Å². The number of aliphatic carboxylic acids is 1. The van der Waals surface area contributed by atoms with E-state index in [1.165, 1.54) is 4.47 Å². The minimum Gasteiger partial charge on any atom is -0.480 e. The molecule has 0 aromatic heterocycles. The van der Waals surface area contributed by atoms with E-state index in [0.29, 0.717) is 0 Å². The number of hydrogen-bond donors (Lipinski definition) is 1. The summed E-state index contributed by atoms with van der Waals surface area (Å²) in [6, 6.07) is 8.47. The summed E-state index contributed by atoms with van der Waals surface area (Å²) < 4.78 is 6.23. The molecule has 1 aliphatic heterocycles. The van der Waals surface area contributed by atoms with Gasteiger partial charge in [-0.2, -0.15) is 0 Å². The lowest BCUT2D eigenvalue weighted by molar-refractivity contribution is -0.190. The molecule has 3 rings (SSSR count). The SMILES string of the molecule is CCCCCCCC(=O)ON1C(C(=O)O)C(C)(C)C2CC=CC=C2S1=Nc1ccccc1. The van der Waals surface area contributed by atoms with E-state index in [2.05, 4.69) is 13.0 Å². The van der Waals surface area contributed by atoms with E-state index in [1.54, 1.807) is 0 Å². The number of unbranched alkanes of at least 4 members (excludes halogenated alkanes) is 4. The van der Waals surface area contributed by atoms with Crippen LogP contribution in [0.3, 0.4) is 0 Å². The standard InChI is InChI=1S/C25H34N2O4S/c1-4-5-6-7-11-18-22(28)31-27-23(24(29)30)25(2,3)20-16-12-13-17-21(20)32(27)26-19-14-9-8-10-15-19/h8-10,12-15,17,20,23H,4-7,11,16,18H2,1-3H3,(H,29,30). The van der Waals surface area contributed by atoms with Crippen LogP contribution in [-0.4, -0.2) is 27.6 Å². The fourth-order valence-corrected chi connectivity index (χ4v) is 6.62. The molecule has 2 aliphatic rings. The average molecular weight is 459 g/mol. The zero-order chi connectivity index (χ0) is 23.1. The molecule has 6 nitrogen and oxygen atoms in total. The van der Waals surface area contributed by atoms with Crippen molar-refractivity contribution in [1.29, 1.82) is 0 Å². The Kier molecular flexibility index (Phi) is 8.43. The van der Waals surface area contributed by atoms with Crippen LogP contribution in [-0.2, 0) is 25.3 Å². The maximum atomic E-state index is 12.8. The van der Waals surface area contributed by atoms with Crippen LogP contribution in [0.4, 0.5) is 5.69 Å². The van der Waals surface area contributed by atoms with Gasteiger partial charge in [-0.3, -0.25) is 9.59 Å².